The largest absolute Gasteiger partial charge is 0.397 e. The van der Waals surface area contributed by atoms with Crippen LogP contribution in [0.5, 0.6) is 0 Å². The third-order valence-corrected chi connectivity index (χ3v) is 6.67. The van der Waals surface area contributed by atoms with Gasteiger partial charge in [-0.2, -0.15) is 0 Å². The fraction of sp³-hybridized carbons (Fsp3) is 0.231. The molecule has 8 heteroatoms. The van der Waals surface area contributed by atoms with Crippen LogP contribution in [0.4, 0.5) is 11.4 Å². The van der Waals surface area contributed by atoms with Crippen molar-refractivity contribution in [1.82, 2.24) is 4.31 Å². The molecule has 0 atom stereocenters. The van der Waals surface area contributed by atoms with E-state index in [4.69, 9.17) is 5.73 Å². The van der Waals surface area contributed by atoms with Gasteiger partial charge in [-0.25, -0.2) is 12.7 Å². The number of nitrogen functional groups attached to an aromatic ring is 1. The third-order valence-electron chi connectivity index (χ3n) is 2.93. The van der Waals surface area contributed by atoms with Crippen molar-refractivity contribution in [2.24, 2.45) is 0 Å². The molecule has 0 radical (unpaired) electrons. The van der Waals surface area contributed by atoms with Crippen molar-refractivity contribution in [2.75, 3.05) is 25.1 Å². The number of nitrogens with zero attached hydrogens (tertiary/aromatic N) is 1. The molecular weight excluding hydrogens is 374 g/mol. The highest BCUT2D eigenvalue weighted by atomic mass is 79.9. The summed E-state index contributed by atoms with van der Waals surface area (Å²) < 4.78 is 26.5. The lowest BCUT2D eigenvalue weighted by Crippen LogP contribution is -2.22. The number of anilines is 2. The van der Waals surface area contributed by atoms with Gasteiger partial charge in [0.15, 0.2) is 0 Å². The zero-order chi connectivity index (χ0) is 15.6. The number of rotatable bonds is 5. The van der Waals surface area contributed by atoms with Gasteiger partial charge in [-0.05, 0) is 45.6 Å². The maximum Gasteiger partial charge on any atom is 0.242 e. The van der Waals surface area contributed by atoms with Gasteiger partial charge in [0.1, 0.15) is 0 Å². The smallest absolute Gasteiger partial charge is 0.242 e. The van der Waals surface area contributed by atoms with Crippen LogP contribution < -0.4 is 11.1 Å². The highest BCUT2D eigenvalue weighted by Crippen LogP contribution is 2.27. The second-order valence-corrected chi connectivity index (χ2v) is 8.59. The molecule has 0 amide bonds. The number of benzene rings is 1. The quantitative estimate of drug-likeness (QED) is 0.770. The lowest BCUT2D eigenvalue weighted by atomic mass is 10.2. The van der Waals surface area contributed by atoms with E-state index in [-0.39, 0.29) is 4.90 Å². The third kappa shape index (κ3) is 3.57. The molecule has 0 fully saturated rings. The second-order valence-electron chi connectivity index (χ2n) is 4.58. The maximum atomic E-state index is 12.1. The van der Waals surface area contributed by atoms with Gasteiger partial charge in [-0.3, -0.25) is 0 Å². The first kappa shape index (κ1) is 16.3. The number of nitrogens with one attached hydrogen (secondary N) is 1. The first-order valence-electron chi connectivity index (χ1n) is 6.10. The number of hydrogen-bond acceptors (Lipinski definition) is 5. The molecule has 2 aromatic rings. The molecule has 2 rings (SSSR count). The summed E-state index contributed by atoms with van der Waals surface area (Å²) in [7, 11) is -0.462. The molecule has 0 aliphatic carbocycles. The van der Waals surface area contributed by atoms with Crippen LogP contribution in [0.3, 0.4) is 0 Å². The number of halogens is 1. The Kier molecular flexibility index (Phi) is 4.92. The highest BCUT2D eigenvalue weighted by Gasteiger charge is 2.18. The fourth-order valence-electron chi connectivity index (χ4n) is 1.69. The van der Waals surface area contributed by atoms with E-state index in [1.165, 1.54) is 24.5 Å². The molecule has 114 valence electrons. The van der Waals surface area contributed by atoms with Crippen molar-refractivity contribution in [3.05, 3.63) is 39.0 Å². The summed E-state index contributed by atoms with van der Waals surface area (Å²) in [6.45, 7) is 0.577. The summed E-state index contributed by atoms with van der Waals surface area (Å²) in [5.41, 5.74) is 7.03. The van der Waals surface area contributed by atoms with Gasteiger partial charge in [-0.15, -0.1) is 11.3 Å². The number of thiophene rings is 1. The van der Waals surface area contributed by atoms with E-state index >= 15 is 0 Å². The summed E-state index contributed by atoms with van der Waals surface area (Å²) >= 11 is 5.07. The van der Waals surface area contributed by atoms with Crippen LogP contribution >= 0.6 is 27.3 Å². The Morgan fingerprint density at radius 3 is 2.62 bits per heavy atom. The molecule has 0 spiro atoms. The van der Waals surface area contributed by atoms with Crippen molar-refractivity contribution < 1.29 is 8.42 Å². The van der Waals surface area contributed by atoms with Gasteiger partial charge in [0.05, 0.1) is 22.8 Å². The molecule has 21 heavy (non-hydrogen) atoms. The standard InChI is InChI=1S/C13H16BrN3O2S2/c1-17(2)21(18,19)9-3-4-11(15)12(7-9)16-8-13-10(14)5-6-20-13/h3-7,16H,8,15H2,1-2H3. The first-order valence-corrected chi connectivity index (χ1v) is 9.21. The van der Waals surface area contributed by atoms with E-state index in [0.29, 0.717) is 17.9 Å². The number of sulfonamides is 1. The van der Waals surface area contributed by atoms with E-state index in [9.17, 15) is 8.42 Å². The SMILES string of the molecule is CN(C)S(=O)(=O)c1ccc(N)c(NCc2sccc2Br)c1. The molecule has 1 heterocycles. The maximum absolute atomic E-state index is 12.1. The summed E-state index contributed by atoms with van der Waals surface area (Å²) in [4.78, 5) is 1.34. The topological polar surface area (TPSA) is 75.4 Å². The van der Waals surface area contributed by atoms with Crippen LogP contribution in [-0.2, 0) is 16.6 Å². The molecule has 3 N–H and O–H groups in total. The molecule has 0 saturated heterocycles. The predicted octanol–water partition coefficient (Wildman–Crippen LogP) is 2.96. The minimum Gasteiger partial charge on any atom is -0.397 e. The second kappa shape index (κ2) is 6.35. The van der Waals surface area contributed by atoms with Crippen LogP contribution in [0, 0.1) is 0 Å². The molecule has 0 unspecified atom stereocenters. The monoisotopic (exact) mass is 389 g/mol. The molecule has 0 aliphatic heterocycles. The summed E-state index contributed by atoms with van der Waals surface area (Å²) in [6.07, 6.45) is 0. The Morgan fingerprint density at radius 2 is 2.05 bits per heavy atom. The Labute approximate surface area is 137 Å². The molecule has 0 saturated carbocycles. The molecular formula is C13H16BrN3O2S2. The lowest BCUT2D eigenvalue weighted by Gasteiger charge is -2.14. The first-order chi connectivity index (χ1) is 9.82. The van der Waals surface area contributed by atoms with E-state index < -0.39 is 10.0 Å². The average Bonchev–Trinajstić information content (AvgIpc) is 2.83. The number of nitrogens with two attached hydrogens (primary N) is 1. The van der Waals surface area contributed by atoms with Crippen LogP contribution in [-0.4, -0.2) is 26.8 Å². The van der Waals surface area contributed by atoms with E-state index in [0.717, 1.165) is 9.35 Å². The molecule has 5 nitrogen and oxygen atoms in total. The van der Waals surface area contributed by atoms with Gasteiger partial charge in [0.2, 0.25) is 10.0 Å². The summed E-state index contributed by atoms with van der Waals surface area (Å²) in [6, 6.07) is 6.64. The van der Waals surface area contributed by atoms with Gasteiger partial charge < -0.3 is 11.1 Å². The zero-order valence-electron chi connectivity index (χ0n) is 11.6. The van der Waals surface area contributed by atoms with Crippen molar-refractivity contribution in [1.29, 1.82) is 0 Å². The number of hydrogen-bond donors (Lipinski definition) is 2. The van der Waals surface area contributed by atoms with Crippen molar-refractivity contribution >= 4 is 48.7 Å². The van der Waals surface area contributed by atoms with E-state index in [2.05, 4.69) is 21.2 Å². The van der Waals surface area contributed by atoms with Gasteiger partial charge in [0.25, 0.3) is 0 Å². The predicted molar refractivity (Wildman–Crippen MR) is 91.1 cm³/mol. The minimum absolute atomic E-state index is 0.217. The Morgan fingerprint density at radius 1 is 1.33 bits per heavy atom. The Balaban J connectivity index is 2.26. The highest BCUT2D eigenvalue weighted by molar-refractivity contribution is 9.10. The zero-order valence-corrected chi connectivity index (χ0v) is 14.8. The normalized spacial score (nSPS) is 11.8. The van der Waals surface area contributed by atoms with Crippen molar-refractivity contribution in [2.45, 2.75) is 11.4 Å². The Hall–Kier alpha value is -1.09. The van der Waals surface area contributed by atoms with Crippen molar-refractivity contribution in [3.8, 4) is 0 Å². The molecule has 0 aliphatic rings. The fourth-order valence-corrected chi connectivity index (χ4v) is 4.05. The van der Waals surface area contributed by atoms with E-state index in [1.807, 2.05) is 11.4 Å². The van der Waals surface area contributed by atoms with Crippen LogP contribution in [0.25, 0.3) is 0 Å². The van der Waals surface area contributed by atoms with Crippen LogP contribution in [0.2, 0.25) is 0 Å². The molecule has 1 aromatic carbocycles. The Bertz CT molecular complexity index is 742. The van der Waals surface area contributed by atoms with Crippen LogP contribution in [0.1, 0.15) is 4.88 Å². The summed E-state index contributed by atoms with van der Waals surface area (Å²) in [5, 5.41) is 5.16. The summed E-state index contributed by atoms with van der Waals surface area (Å²) in [5.74, 6) is 0. The van der Waals surface area contributed by atoms with Gasteiger partial charge in [-0.1, -0.05) is 0 Å². The molecule has 0 bridgehead atoms. The van der Waals surface area contributed by atoms with Crippen molar-refractivity contribution in [3.63, 3.8) is 0 Å². The lowest BCUT2D eigenvalue weighted by molar-refractivity contribution is 0.521. The van der Waals surface area contributed by atoms with Gasteiger partial charge >= 0.3 is 0 Å². The van der Waals surface area contributed by atoms with Crippen LogP contribution in [0.15, 0.2) is 39.0 Å². The van der Waals surface area contributed by atoms with E-state index in [1.54, 1.807) is 23.5 Å². The minimum atomic E-state index is -3.47. The average molecular weight is 390 g/mol. The van der Waals surface area contributed by atoms with Gasteiger partial charge in [0, 0.05) is 23.4 Å². The molecule has 1 aromatic heterocycles.